The third-order valence-corrected chi connectivity index (χ3v) is 3.63. The molecule has 0 bridgehead atoms. The average Bonchev–Trinajstić information content (AvgIpc) is 2.59. The molecular formula is C18H21N3O4. The molecule has 0 fully saturated rings. The highest BCUT2D eigenvalue weighted by Crippen LogP contribution is 2.25. The number of hydrogen-bond acceptors (Lipinski definition) is 5. The molecule has 2 rings (SSSR count). The van der Waals surface area contributed by atoms with Gasteiger partial charge < -0.3 is 15.4 Å². The Balaban J connectivity index is 1.84. The van der Waals surface area contributed by atoms with Gasteiger partial charge in [-0.05, 0) is 37.1 Å². The number of benzene rings is 2. The lowest BCUT2D eigenvalue weighted by Gasteiger charge is -2.11. The SMILES string of the molecule is COc1ccc(C)cc1NC(=O)CCCNc1ccccc1[N+](=O)[O-]. The zero-order chi connectivity index (χ0) is 18.2. The molecule has 0 aromatic heterocycles. The molecule has 0 aliphatic rings. The van der Waals surface area contributed by atoms with Crippen LogP contribution in [-0.2, 0) is 4.79 Å². The van der Waals surface area contributed by atoms with E-state index in [0.29, 0.717) is 36.5 Å². The summed E-state index contributed by atoms with van der Waals surface area (Å²) in [5.74, 6) is 0.477. The van der Waals surface area contributed by atoms with Gasteiger partial charge in [0.2, 0.25) is 5.91 Å². The number of ether oxygens (including phenoxy) is 1. The second kappa shape index (κ2) is 8.68. The van der Waals surface area contributed by atoms with E-state index in [4.69, 9.17) is 4.74 Å². The first-order chi connectivity index (χ1) is 12.0. The number of anilines is 2. The smallest absolute Gasteiger partial charge is 0.292 e. The first-order valence-corrected chi connectivity index (χ1v) is 7.93. The molecule has 2 N–H and O–H groups in total. The largest absolute Gasteiger partial charge is 0.495 e. The highest BCUT2D eigenvalue weighted by molar-refractivity contribution is 5.92. The maximum Gasteiger partial charge on any atom is 0.292 e. The van der Waals surface area contributed by atoms with E-state index in [2.05, 4.69) is 10.6 Å². The number of carbonyl (C=O) groups is 1. The van der Waals surface area contributed by atoms with Crippen molar-refractivity contribution in [1.82, 2.24) is 0 Å². The molecule has 0 unspecified atom stereocenters. The predicted octanol–water partition coefficient (Wildman–Crippen LogP) is 3.74. The fraction of sp³-hybridized carbons (Fsp3) is 0.278. The molecule has 0 heterocycles. The molecule has 7 nitrogen and oxygen atoms in total. The van der Waals surface area contributed by atoms with E-state index in [9.17, 15) is 14.9 Å². The van der Waals surface area contributed by atoms with Crippen molar-refractivity contribution in [3.05, 3.63) is 58.1 Å². The van der Waals surface area contributed by atoms with E-state index >= 15 is 0 Å². The molecule has 0 aliphatic carbocycles. The third-order valence-electron chi connectivity index (χ3n) is 3.63. The number of nitrogens with one attached hydrogen (secondary N) is 2. The molecular weight excluding hydrogens is 322 g/mol. The van der Waals surface area contributed by atoms with Crippen LogP contribution in [0.15, 0.2) is 42.5 Å². The maximum absolute atomic E-state index is 12.1. The van der Waals surface area contributed by atoms with E-state index in [0.717, 1.165) is 5.56 Å². The number of carbonyl (C=O) groups excluding carboxylic acids is 1. The molecule has 0 atom stereocenters. The molecule has 0 spiro atoms. The quantitative estimate of drug-likeness (QED) is 0.432. The first-order valence-electron chi connectivity index (χ1n) is 7.93. The molecule has 132 valence electrons. The Labute approximate surface area is 146 Å². The number of amides is 1. The number of nitro benzene ring substituents is 1. The Morgan fingerprint density at radius 3 is 2.68 bits per heavy atom. The second-order valence-electron chi connectivity index (χ2n) is 5.56. The van der Waals surface area contributed by atoms with Gasteiger partial charge >= 0.3 is 0 Å². The summed E-state index contributed by atoms with van der Waals surface area (Å²) in [4.78, 5) is 22.6. The zero-order valence-corrected chi connectivity index (χ0v) is 14.2. The van der Waals surface area contributed by atoms with Gasteiger partial charge in [0.25, 0.3) is 5.69 Å². The van der Waals surface area contributed by atoms with Crippen molar-refractivity contribution in [3.63, 3.8) is 0 Å². The average molecular weight is 343 g/mol. The topological polar surface area (TPSA) is 93.5 Å². The summed E-state index contributed by atoms with van der Waals surface area (Å²) >= 11 is 0. The number of aryl methyl sites for hydroxylation is 1. The lowest BCUT2D eigenvalue weighted by atomic mass is 10.2. The van der Waals surface area contributed by atoms with Crippen LogP contribution >= 0.6 is 0 Å². The summed E-state index contributed by atoms with van der Waals surface area (Å²) in [6.07, 6.45) is 0.844. The van der Waals surface area contributed by atoms with Crippen molar-refractivity contribution in [3.8, 4) is 5.75 Å². The van der Waals surface area contributed by atoms with E-state index in [1.54, 1.807) is 31.4 Å². The highest BCUT2D eigenvalue weighted by Gasteiger charge is 2.12. The van der Waals surface area contributed by atoms with Gasteiger partial charge in [0.1, 0.15) is 11.4 Å². The lowest BCUT2D eigenvalue weighted by Crippen LogP contribution is -2.14. The number of rotatable bonds is 8. The minimum atomic E-state index is -0.431. The molecule has 0 saturated carbocycles. The van der Waals surface area contributed by atoms with E-state index < -0.39 is 4.92 Å². The van der Waals surface area contributed by atoms with Crippen LogP contribution in [0.3, 0.4) is 0 Å². The summed E-state index contributed by atoms with van der Waals surface area (Å²) in [5.41, 5.74) is 2.14. The zero-order valence-electron chi connectivity index (χ0n) is 14.2. The first kappa shape index (κ1) is 18.3. The molecule has 7 heteroatoms. The van der Waals surface area contributed by atoms with Crippen molar-refractivity contribution in [2.45, 2.75) is 19.8 Å². The molecule has 25 heavy (non-hydrogen) atoms. The van der Waals surface area contributed by atoms with E-state index in [-0.39, 0.29) is 11.6 Å². The Morgan fingerprint density at radius 1 is 1.20 bits per heavy atom. The van der Waals surface area contributed by atoms with Gasteiger partial charge in [-0.25, -0.2) is 0 Å². The Bertz CT molecular complexity index is 762. The number of nitrogens with zero attached hydrogens (tertiary/aromatic N) is 1. The predicted molar refractivity (Wildman–Crippen MR) is 97.2 cm³/mol. The molecule has 0 saturated heterocycles. The minimum absolute atomic E-state index is 0.0245. The van der Waals surface area contributed by atoms with E-state index in [1.165, 1.54) is 6.07 Å². The normalized spacial score (nSPS) is 10.2. The summed E-state index contributed by atoms with van der Waals surface area (Å²) < 4.78 is 5.23. The van der Waals surface area contributed by atoms with Crippen molar-refractivity contribution in [2.75, 3.05) is 24.3 Å². The third kappa shape index (κ3) is 5.20. The van der Waals surface area contributed by atoms with Gasteiger partial charge in [-0.15, -0.1) is 0 Å². The van der Waals surface area contributed by atoms with Crippen LogP contribution in [0.4, 0.5) is 17.1 Å². The van der Waals surface area contributed by atoms with Crippen LogP contribution in [-0.4, -0.2) is 24.5 Å². The van der Waals surface area contributed by atoms with Crippen LogP contribution in [0.25, 0.3) is 0 Å². The summed E-state index contributed by atoms with van der Waals surface area (Å²) in [5, 5.41) is 16.8. The second-order valence-corrected chi connectivity index (χ2v) is 5.56. The number of para-hydroxylation sites is 2. The van der Waals surface area contributed by atoms with Crippen LogP contribution in [0, 0.1) is 17.0 Å². The van der Waals surface area contributed by atoms with Gasteiger partial charge in [-0.3, -0.25) is 14.9 Å². The number of nitro groups is 1. The summed E-state index contributed by atoms with van der Waals surface area (Å²) in [6, 6.07) is 12.0. The number of hydrogen-bond donors (Lipinski definition) is 2. The van der Waals surface area contributed by atoms with Crippen molar-refractivity contribution < 1.29 is 14.5 Å². The molecule has 1 amide bonds. The Hall–Kier alpha value is -3.09. The highest BCUT2D eigenvalue weighted by atomic mass is 16.6. The Kier molecular flexibility index (Phi) is 6.33. The Morgan fingerprint density at radius 2 is 1.96 bits per heavy atom. The van der Waals surface area contributed by atoms with Crippen molar-refractivity contribution in [2.24, 2.45) is 0 Å². The van der Waals surface area contributed by atoms with Crippen molar-refractivity contribution in [1.29, 1.82) is 0 Å². The lowest BCUT2D eigenvalue weighted by molar-refractivity contribution is -0.384. The fourth-order valence-corrected chi connectivity index (χ4v) is 2.39. The van der Waals surface area contributed by atoms with Gasteiger partial charge in [-0.2, -0.15) is 0 Å². The summed E-state index contributed by atoms with van der Waals surface area (Å²) in [6.45, 7) is 2.40. The maximum atomic E-state index is 12.1. The van der Waals surface area contributed by atoms with Crippen LogP contribution in [0.5, 0.6) is 5.75 Å². The summed E-state index contributed by atoms with van der Waals surface area (Å²) in [7, 11) is 1.55. The number of methoxy groups -OCH3 is 1. The molecule has 2 aromatic rings. The molecule has 0 radical (unpaired) electrons. The monoisotopic (exact) mass is 343 g/mol. The van der Waals surface area contributed by atoms with Crippen LogP contribution in [0.2, 0.25) is 0 Å². The molecule has 0 aliphatic heterocycles. The van der Waals surface area contributed by atoms with E-state index in [1.807, 2.05) is 19.1 Å². The van der Waals surface area contributed by atoms with Gasteiger partial charge in [0, 0.05) is 19.0 Å². The minimum Gasteiger partial charge on any atom is -0.495 e. The fourth-order valence-electron chi connectivity index (χ4n) is 2.39. The van der Waals surface area contributed by atoms with Crippen molar-refractivity contribution >= 4 is 23.0 Å². The van der Waals surface area contributed by atoms with Gasteiger partial charge in [0.15, 0.2) is 0 Å². The van der Waals surface area contributed by atoms with Crippen LogP contribution in [0.1, 0.15) is 18.4 Å². The van der Waals surface area contributed by atoms with Crippen LogP contribution < -0.4 is 15.4 Å². The van der Waals surface area contributed by atoms with Gasteiger partial charge in [-0.1, -0.05) is 18.2 Å². The standard InChI is InChI=1S/C18H21N3O4/c1-13-9-10-17(25-2)15(12-13)20-18(22)8-5-11-19-14-6-3-4-7-16(14)21(23)24/h3-4,6-7,9-10,12,19H,5,8,11H2,1-2H3,(H,20,22). The molecule has 2 aromatic carbocycles. The van der Waals surface area contributed by atoms with Gasteiger partial charge in [0.05, 0.1) is 17.7 Å².